The van der Waals surface area contributed by atoms with Crippen molar-refractivity contribution >= 4 is 29.0 Å². The quantitative estimate of drug-likeness (QED) is 0.319. The molecule has 0 spiro atoms. The normalized spacial score (nSPS) is 16.5. The molecule has 1 aliphatic heterocycles. The molecule has 5 rings (SSSR count). The van der Waals surface area contributed by atoms with Gasteiger partial charge in [-0.05, 0) is 43.5 Å². The minimum Gasteiger partial charge on any atom is -0.383 e. The van der Waals surface area contributed by atoms with Crippen molar-refractivity contribution in [3.63, 3.8) is 0 Å². The molecule has 3 aromatic heterocycles. The van der Waals surface area contributed by atoms with Crippen LogP contribution in [0.3, 0.4) is 0 Å². The lowest BCUT2D eigenvalue weighted by Gasteiger charge is -2.33. The highest BCUT2D eigenvalue weighted by Gasteiger charge is 2.32. The van der Waals surface area contributed by atoms with Gasteiger partial charge in [-0.2, -0.15) is 13.2 Å². The van der Waals surface area contributed by atoms with Crippen LogP contribution in [0, 0.1) is 0 Å². The van der Waals surface area contributed by atoms with Gasteiger partial charge in [0.25, 0.3) is 11.8 Å². The monoisotopic (exact) mass is 567 g/mol. The van der Waals surface area contributed by atoms with Crippen LogP contribution in [-0.4, -0.2) is 60.4 Å². The van der Waals surface area contributed by atoms with E-state index in [1.807, 2.05) is 4.40 Å². The minimum absolute atomic E-state index is 0.107. The molecule has 214 valence electrons. The number of nitrogens with one attached hydrogen (secondary N) is 1. The zero-order valence-corrected chi connectivity index (χ0v) is 22.1. The van der Waals surface area contributed by atoms with Crippen molar-refractivity contribution < 1.29 is 27.9 Å². The summed E-state index contributed by atoms with van der Waals surface area (Å²) in [7, 11) is 0. The first-order chi connectivity index (χ1) is 19.6. The van der Waals surface area contributed by atoms with Gasteiger partial charge in [-0.3, -0.25) is 14.0 Å². The number of nitrogen functional groups attached to an aromatic ring is 1. The van der Waals surface area contributed by atoms with Crippen molar-refractivity contribution in [2.45, 2.75) is 44.4 Å². The summed E-state index contributed by atoms with van der Waals surface area (Å²) >= 11 is 0. The molecular weight excluding hydrogens is 539 g/mol. The standard InChI is InChI=1S/C28H28F3N7O3/c1-2-20(39)27(41)37-12-3-4-18(15-37)25-36-22(23-24(32)34-11-13-38(23)25)16-5-7-17(8-6-16)26(40)35-21-14-19(9-10-33-21)28(29,30)31/h5-11,13-14,18,20,39H,2-4,12,15H2,1H3,(H2,32,34)(H,33,35,40)/t18-,20?/m1/s1. The van der Waals surface area contributed by atoms with Crippen LogP contribution in [0.15, 0.2) is 55.0 Å². The topological polar surface area (TPSA) is 139 Å². The fourth-order valence-corrected chi connectivity index (χ4v) is 4.99. The number of anilines is 2. The van der Waals surface area contributed by atoms with Gasteiger partial charge >= 0.3 is 6.18 Å². The fourth-order valence-electron chi connectivity index (χ4n) is 4.99. The van der Waals surface area contributed by atoms with E-state index in [0.717, 1.165) is 31.2 Å². The van der Waals surface area contributed by atoms with E-state index in [1.54, 1.807) is 36.4 Å². The predicted molar refractivity (Wildman–Crippen MR) is 145 cm³/mol. The highest BCUT2D eigenvalue weighted by molar-refractivity contribution is 6.04. The van der Waals surface area contributed by atoms with Crippen LogP contribution in [0.4, 0.5) is 24.8 Å². The average molecular weight is 568 g/mol. The van der Waals surface area contributed by atoms with E-state index in [2.05, 4.69) is 15.3 Å². The zero-order valence-electron chi connectivity index (χ0n) is 22.1. The largest absolute Gasteiger partial charge is 0.416 e. The third kappa shape index (κ3) is 5.71. The molecule has 4 heterocycles. The summed E-state index contributed by atoms with van der Waals surface area (Å²) in [6.45, 7) is 2.72. The number of aromatic nitrogens is 4. The van der Waals surface area contributed by atoms with Crippen molar-refractivity contribution in [2.75, 3.05) is 24.1 Å². The molecule has 1 aromatic carbocycles. The number of piperidine rings is 1. The summed E-state index contributed by atoms with van der Waals surface area (Å²) in [4.78, 5) is 40.0. The van der Waals surface area contributed by atoms with Crippen LogP contribution in [0.1, 0.15) is 53.8 Å². The molecule has 0 radical (unpaired) electrons. The van der Waals surface area contributed by atoms with Crippen molar-refractivity contribution in [3.05, 3.63) is 71.9 Å². The molecule has 1 fully saturated rings. The number of likely N-dealkylation sites (tertiary alicyclic amines) is 1. The number of aliphatic hydroxyl groups is 1. The van der Waals surface area contributed by atoms with Crippen LogP contribution >= 0.6 is 0 Å². The number of nitrogens with two attached hydrogens (primary N) is 1. The predicted octanol–water partition coefficient (Wildman–Crippen LogP) is 4.12. The van der Waals surface area contributed by atoms with E-state index in [-0.39, 0.29) is 29.0 Å². The Kier molecular flexibility index (Phi) is 7.63. The first-order valence-corrected chi connectivity index (χ1v) is 13.1. The lowest BCUT2D eigenvalue weighted by atomic mass is 9.96. The van der Waals surface area contributed by atoms with Crippen LogP contribution in [0.5, 0.6) is 0 Å². The Morgan fingerprint density at radius 1 is 1.17 bits per heavy atom. The maximum Gasteiger partial charge on any atom is 0.416 e. The fraction of sp³-hybridized carbons (Fsp3) is 0.321. The van der Waals surface area contributed by atoms with E-state index in [9.17, 15) is 27.9 Å². The molecule has 13 heteroatoms. The van der Waals surface area contributed by atoms with Gasteiger partial charge in [-0.15, -0.1) is 0 Å². The second-order valence-corrected chi connectivity index (χ2v) is 9.86. The van der Waals surface area contributed by atoms with Crippen LogP contribution in [0.2, 0.25) is 0 Å². The van der Waals surface area contributed by atoms with Crippen LogP contribution < -0.4 is 11.1 Å². The number of imidazole rings is 1. The summed E-state index contributed by atoms with van der Waals surface area (Å²) in [6, 6.07) is 7.99. The molecular formula is C28H28F3N7O3. The Morgan fingerprint density at radius 3 is 2.63 bits per heavy atom. The number of aliphatic hydroxyl groups excluding tert-OH is 1. The van der Waals surface area contributed by atoms with Crippen molar-refractivity contribution in [1.29, 1.82) is 0 Å². The summed E-state index contributed by atoms with van der Waals surface area (Å²) in [5.74, 6) is -0.294. The van der Waals surface area contributed by atoms with Gasteiger partial charge < -0.3 is 21.1 Å². The highest BCUT2D eigenvalue weighted by atomic mass is 19.4. The van der Waals surface area contributed by atoms with E-state index < -0.39 is 23.8 Å². The van der Waals surface area contributed by atoms with Crippen LogP contribution in [0.25, 0.3) is 16.8 Å². The van der Waals surface area contributed by atoms with Gasteiger partial charge in [-0.1, -0.05) is 19.1 Å². The molecule has 0 saturated carbocycles. The lowest BCUT2D eigenvalue weighted by Crippen LogP contribution is -2.44. The van der Waals surface area contributed by atoms with E-state index >= 15 is 0 Å². The second-order valence-electron chi connectivity index (χ2n) is 9.86. The molecule has 4 aromatic rings. The van der Waals surface area contributed by atoms with Crippen LogP contribution in [-0.2, 0) is 11.0 Å². The number of halogens is 3. The number of amides is 2. The van der Waals surface area contributed by atoms with Crippen molar-refractivity contribution in [2.24, 2.45) is 0 Å². The Bertz CT molecular complexity index is 1590. The smallest absolute Gasteiger partial charge is 0.383 e. The van der Waals surface area contributed by atoms with Gasteiger partial charge in [0.1, 0.15) is 34.8 Å². The zero-order chi connectivity index (χ0) is 29.3. The van der Waals surface area contributed by atoms with Gasteiger partial charge in [-0.25, -0.2) is 15.0 Å². The number of pyridine rings is 1. The minimum atomic E-state index is -4.56. The number of rotatable bonds is 6. The molecule has 2 amide bonds. The van der Waals surface area contributed by atoms with E-state index in [0.29, 0.717) is 42.1 Å². The van der Waals surface area contributed by atoms with Crippen molar-refractivity contribution in [3.8, 4) is 11.3 Å². The molecule has 4 N–H and O–H groups in total. The number of fused-ring (bicyclic) bond motifs is 1. The summed E-state index contributed by atoms with van der Waals surface area (Å²) in [6.07, 6.45) is 0.577. The SMILES string of the molecule is CCC(O)C(=O)N1CCC[C@@H](c2nc(-c3ccc(C(=O)Nc4cc(C(F)(F)F)ccn4)cc3)c3c(N)nccn23)C1. The number of carbonyl (C=O) groups is 2. The van der Waals surface area contributed by atoms with Gasteiger partial charge in [0.15, 0.2) is 0 Å². The lowest BCUT2D eigenvalue weighted by molar-refractivity contribution is -0.141. The van der Waals surface area contributed by atoms with Gasteiger partial charge in [0.2, 0.25) is 0 Å². The molecule has 0 bridgehead atoms. The molecule has 2 atom stereocenters. The molecule has 1 aliphatic rings. The number of hydrogen-bond donors (Lipinski definition) is 3. The Balaban J connectivity index is 1.42. The van der Waals surface area contributed by atoms with E-state index in [1.165, 1.54) is 12.1 Å². The van der Waals surface area contributed by atoms with E-state index in [4.69, 9.17) is 10.7 Å². The third-order valence-corrected chi connectivity index (χ3v) is 7.13. The van der Waals surface area contributed by atoms with Gasteiger partial charge in [0, 0.05) is 48.7 Å². The number of carbonyl (C=O) groups excluding carboxylic acids is 2. The summed E-state index contributed by atoms with van der Waals surface area (Å²) < 4.78 is 40.9. The Morgan fingerprint density at radius 2 is 1.93 bits per heavy atom. The number of alkyl halides is 3. The average Bonchev–Trinajstić information content (AvgIpc) is 3.37. The molecule has 0 aliphatic carbocycles. The summed E-state index contributed by atoms with van der Waals surface area (Å²) in [5.41, 5.74) is 7.30. The maximum atomic E-state index is 13.0. The number of hydrogen-bond acceptors (Lipinski definition) is 7. The Hall–Kier alpha value is -4.52. The second kappa shape index (κ2) is 11.2. The number of nitrogens with zero attached hydrogens (tertiary/aromatic N) is 5. The summed E-state index contributed by atoms with van der Waals surface area (Å²) in [5, 5.41) is 12.5. The number of benzene rings is 1. The molecule has 1 unspecified atom stereocenters. The third-order valence-electron chi connectivity index (χ3n) is 7.13. The Labute approximate surface area is 233 Å². The molecule has 41 heavy (non-hydrogen) atoms. The van der Waals surface area contributed by atoms with Crippen molar-refractivity contribution in [1.82, 2.24) is 24.3 Å². The maximum absolute atomic E-state index is 13.0. The van der Waals surface area contributed by atoms with Gasteiger partial charge in [0.05, 0.1) is 5.56 Å². The molecule has 10 nitrogen and oxygen atoms in total. The highest BCUT2D eigenvalue weighted by Crippen LogP contribution is 2.34. The first kappa shape index (κ1) is 28.0. The first-order valence-electron chi connectivity index (χ1n) is 13.1. The molecule has 1 saturated heterocycles.